The molecule has 0 spiro atoms. The largest absolute Gasteiger partial charge is 0.493 e. The van der Waals surface area contributed by atoms with Gasteiger partial charge in [-0.3, -0.25) is 25.2 Å². The van der Waals surface area contributed by atoms with Gasteiger partial charge in [-0.25, -0.2) is 0 Å². The number of rotatable bonds is 7. The SMILES string of the molecule is COc1cc(C(=O)NNC(=O)c2oc3ccccc3c2C)ccc1OCC(=O)NC(C)C. The molecule has 0 aliphatic heterocycles. The van der Waals surface area contributed by atoms with Crippen molar-refractivity contribution >= 4 is 28.7 Å². The number of para-hydroxylation sites is 1. The summed E-state index contributed by atoms with van der Waals surface area (Å²) in [4.78, 5) is 36.7. The number of methoxy groups -OCH3 is 1. The van der Waals surface area contributed by atoms with Crippen LogP contribution in [0.25, 0.3) is 11.0 Å². The molecule has 0 aliphatic carbocycles. The van der Waals surface area contributed by atoms with Gasteiger partial charge in [0.2, 0.25) is 0 Å². The Bertz CT molecular complexity index is 1150. The third kappa shape index (κ3) is 5.18. The number of hydrazine groups is 1. The van der Waals surface area contributed by atoms with Crippen molar-refractivity contribution in [2.75, 3.05) is 13.7 Å². The molecular formula is C23H25N3O6. The lowest BCUT2D eigenvalue weighted by atomic mass is 10.1. The zero-order chi connectivity index (χ0) is 23.3. The van der Waals surface area contributed by atoms with Crippen LogP contribution in [0.15, 0.2) is 46.9 Å². The molecule has 2 aromatic carbocycles. The third-order valence-corrected chi connectivity index (χ3v) is 4.57. The second-order valence-electron chi connectivity index (χ2n) is 7.34. The minimum atomic E-state index is -0.574. The highest BCUT2D eigenvalue weighted by Gasteiger charge is 2.19. The Balaban J connectivity index is 1.63. The lowest BCUT2D eigenvalue weighted by molar-refractivity contribution is -0.123. The maximum Gasteiger partial charge on any atom is 0.305 e. The summed E-state index contributed by atoms with van der Waals surface area (Å²) in [6.45, 7) is 5.28. The quantitative estimate of drug-likeness (QED) is 0.487. The molecule has 3 amide bonds. The van der Waals surface area contributed by atoms with E-state index < -0.39 is 11.8 Å². The van der Waals surface area contributed by atoms with E-state index in [0.717, 1.165) is 5.39 Å². The number of ether oxygens (including phenoxy) is 2. The number of hydrogen-bond donors (Lipinski definition) is 3. The average Bonchev–Trinajstić information content (AvgIpc) is 3.12. The molecule has 3 N–H and O–H groups in total. The van der Waals surface area contributed by atoms with Gasteiger partial charge in [-0.2, -0.15) is 0 Å². The van der Waals surface area contributed by atoms with Gasteiger partial charge in [0, 0.05) is 22.6 Å². The topological polar surface area (TPSA) is 119 Å². The van der Waals surface area contributed by atoms with Gasteiger partial charge in [0.1, 0.15) is 5.58 Å². The van der Waals surface area contributed by atoms with E-state index in [-0.39, 0.29) is 35.6 Å². The van der Waals surface area contributed by atoms with Crippen LogP contribution in [0.3, 0.4) is 0 Å². The zero-order valence-electron chi connectivity index (χ0n) is 18.3. The highest BCUT2D eigenvalue weighted by Crippen LogP contribution is 2.28. The van der Waals surface area contributed by atoms with Crippen molar-refractivity contribution in [3.8, 4) is 11.5 Å². The first-order valence-corrected chi connectivity index (χ1v) is 9.99. The van der Waals surface area contributed by atoms with Crippen LogP contribution in [0, 0.1) is 6.92 Å². The molecule has 0 saturated carbocycles. The Kier molecular flexibility index (Phi) is 6.99. The summed E-state index contributed by atoms with van der Waals surface area (Å²) in [5.41, 5.74) is 6.19. The van der Waals surface area contributed by atoms with Crippen molar-refractivity contribution in [1.82, 2.24) is 16.2 Å². The molecular weight excluding hydrogens is 414 g/mol. The summed E-state index contributed by atoms with van der Waals surface area (Å²) in [6, 6.07) is 11.7. The molecule has 9 nitrogen and oxygen atoms in total. The van der Waals surface area contributed by atoms with E-state index in [4.69, 9.17) is 13.9 Å². The van der Waals surface area contributed by atoms with E-state index in [9.17, 15) is 14.4 Å². The van der Waals surface area contributed by atoms with Crippen molar-refractivity contribution in [3.63, 3.8) is 0 Å². The Morgan fingerprint density at radius 1 is 1.00 bits per heavy atom. The second kappa shape index (κ2) is 9.86. The Morgan fingerprint density at radius 2 is 1.72 bits per heavy atom. The average molecular weight is 439 g/mol. The molecule has 3 rings (SSSR count). The summed E-state index contributed by atoms with van der Waals surface area (Å²) in [7, 11) is 1.42. The van der Waals surface area contributed by atoms with Crippen molar-refractivity contribution in [2.45, 2.75) is 26.8 Å². The van der Waals surface area contributed by atoms with Crippen LogP contribution in [0.4, 0.5) is 0 Å². The number of furan rings is 1. The van der Waals surface area contributed by atoms with Gasteiger partial charge in [0.25, 0.3) is 11.8 Å². The number of nitrogens with one attached hydrogen (secondary N) is 3. The molecule has 1 aromatic heterocycles. The number of carbonyl (C=O) groups is 3. The van der Waals surface area contributed by atoms with Crippen molar-refractivity contribution in [2.24, 2.45) is 0 Å². The van der Waals surface area contributed by atoms with Crippen molar-refractivity contribution < 1.29 is 28.3 Å². The van der Waals surface area contributed by atoms with Gasteiger partial charge in [0.15, 0.2) is 23.9 Å². The predicted molar refractivity (Wildman–Crippen MR) is 118 cm³/mol. The highest BCUT2D eigenvalue weighted by atomic mass is 16.5. The van der Waals surface area contributed by atoms with Crippen LogP contribution in [-0.4, -0.2) is 37.5 Å². The lowest BCUT2D eigenvalue weighted by Gasteiger charge is -2.13. The van der Waals surface area contributed by atoms with Crippen LogP contribution in [0.1, 0.15) is 40.3 Å². The second-order valence-corrected chi connectivity index (χ2v) is 7.34. The first-order valence-electron chi connectivity index (χ1n) is 9.99. The number of fused-ring (bicyclic) bond motifs is 1. The summed E-state index contributed by atoms with van der Waals surface area (Å²) >= 11 is 0. The van der Waals surface area contributed by atoms with Crippen molar-refractivity contribution in [3.05, 3.63) is 59.4 Å². The number of amides is 3. The third-order valence-electron chi connectivity index (χ3n) is 4.57. The fourth-order valence-electron chi connectivity index (χ4n) is 3.07. The molecule has 0 bridgehead atoms. The molecule has 0 radical (unpaired) electrons. The molecule has 1 heterocycles. The van der Waals surface area contributed by atoms with E-state index in [0.29, 0.717) is 16.9 Å². The van der Waals surface area contributed by atoms with E-state index in [2.05, 4.69) is 16.2 Å². The Hall–Kier alpha value is -4.01. The molecule has 32 heavy (non-hydrogen) atoms. The maximum atomic E-state index is 12.5. The fraction of sp³-hybridized carbons (Fsp3) is 0.261. The minimum absolute atomic E-state index is 0.00220. The van der Waals surface area contributed by atoms with Crippen molar-refractivity contribution in [1.29, 1.82) is 0 Å². The highest BCUT2D eigenvalue weighted by molar-refractivity contribution is 6.01. The summed E-state index contributed by atoms with van der Waals surface area (Å²) < 4.78 is 16.3. The van der Waals surface area contributed by atoms with Crippen LogP contribution in [0.2, 0.25) is 0 Å². The summed E-state index contributed by atoms with van der Waals surface area (Å²) in [5.74, 6) is -0.705. The van der Waals surface area contributed by atoms with Gasteiger partial charge in [-0.15, -0.1) is 0 Å². The van der Waals surface area contributed by atoms with Crippen LogP contribution < -0.4 is 25.6 Å². The van der Waals surface area contributed by atoms with Crippen LogP contribution >= 0.6 is 0 Å². The molecule has 168 valence electrons. The lowest BCUT2D eigenvalue weighted by Crippen LogP contribution is -2.41. The smallest absolute Gasteiger partial charge is 0.305 e. The maximum absolute atomic E-state index is 12.5. The number of benzene rings is 2. The summed E-state index contributed by atoms with van der Waals surface area (Å²) in [6.07, 6.45) is 0. The predicted octanol–water partition coefficient (Wildman–Crippen LogP) is 2.73. The Morgan fingerprint density at radius 3 is 2.41 bits per heavy atom. The molecule has 0 fully saturated rings. The van der Waals surface area contributed by atoms with Gasteiger partial charge < -0.3 is 19.2 Å². The van der Waals surface area contributed by atoms with E-state index in [1.54, 1.807) is 13.0 Å². The van der Waals surface area contributed by atoms with E-state index in [1.807, 2.05) is 32.0 Å². The summed E-state index contributed by atoms with van der Waals surface area (Å²) in [5, 5.41) is 3.54. The van der Waals surface area contributed by atoms with Gasteiger partial charge in [-0.1, -0.05) is 18.2 Å². The minimum Gasteiger partial charge on any atom is -0.493 e. The molecule has 0 unspecified atom stereocenters. The number of carbonyl (C=O) groups excluding carboxylic acids is 3. The molecule has 0 aliphatic rings. The first-order chi connectivity index (χ1) is 15.3. The van der Waals surface area contributed by atoms with Gasteiger partial charge in [0.05, 0.1) is 7.11 Å². The monoisotopic (exact) mass is 439 g/mol. The fourth-order valence-corrected chi connectivity index (χ4v) is 3.07. The zero-order valence-corrected chi connectivity index (χ0v) is 18.3. The molecule has 3 aromatic rings. The number of aryl methyl sites for hydroxylation is 1. The number of hydrogen-bond acceptors (Lipinski definition) is 6. The van der Waals surface area contributed by atoms with E-state index >= 15 is 0 Å². The normalized spacial score (nSPS) is 10.7. The Labute approximate surface area is 185 Å². The molecule has 0 saturated heterocycles. The molecule has 9 heteroatoms. The van der Waals surface area contributed by atoms with Crippen LogP contribution in [-0.2, 0) is 4.79 Å². The standard InChI is InChI=1S/C23H25N3O6/c1-13(2)24-20(27)12-31-18-10-9-15(11-19(18)30-4)22(28)25-26-23(29)21-14(3)16-7-5-6-8-17(16)32-21/h5-11,13H,12H2,1-4H3,(H,24,27)(H,25,28)(H,26,29). The van der Waals surface area contributed by atoms with Gasteiger partial charge in [-0.05, 0) is 45.0 Å². The van der Waals surface area contributed by atoms with Crippen LogP contribution in [0.5, 0.6) is 11.5 Å². The van der Waals surface area contributed by atoms with Gasteiger partial charge >= 0.3 is 5.91 Å². The molecule has 0 atom stereocenters. The van der Waals surface area contributed by atoms with E-state index in [1.165, 1.54) is 25.3 Å². The first kappa shape index (κ1) is 22.7.